The first-order valence-corrected chi connectivity index (χ1v) is 6.65. The van der Waals surface area contributed by atoms with Gasteiger partial charge in [0.15, 0.2) is 6.10 Å². The van der Waals surface area contributed by atoms with Gasteiger partial charge in [0.2, 0.25) is 5.91 Å². The van der Waals surface area contributed by atoms with Crippen molar-refractivity contribution in [3.63, 3.8) is 0 Å². The van der Waals surface area contributed by atoms with E-state index in [2.05, 4.69) is 5.32 Å². The molecule has 2 aliphatic rings. The normalized spacial score (nSPS) is 35.1. The van der Waals surface area contributed by atoms with E-state index in [0.29, 0.717) is 13.0 Å². The van der Waals surface area contributed by atoms with E-state index in [-0.39, 0.29) is 23.8 Å². The Morgan fingerprint density at radius 1 is 1.53 bits per heavy atom. The highest BCUT2D eigenvalue weighted by molar-refractivity contribution is 5.80. The number of nitrogens with zero attached hydrogens (tertiary/aromatic N) is 1. The Bertz CT molecular complexity index is 409. The SMILES string of the molecule is CC1(C)CNC2(C)CCC(=O)N2C1CC(O)C(=O)O. The summed E-state index contributed by atoms with van der Waals surface area (Å²) in [5, 5.41) is 21.9. The van der Waals surface area contributed by atoms with Crippen molar-refractivity contribution >= 4 is 11.9 Å². The van der Waals surface area contributed by atoms with Crippen molar-refractivity contribution in [3.05, 3.63) is 0 Å². The molecular weight excluding hydrogens is 248 g/mol. The number of carboxylic acids is 1. The van der Waals surface area contributed by atoms with Crippen molar-refractivity contribution in [2.75, 3.05) is 6.54 Å². The molecular formula is C13H22N2O4. The maximum absolute atomic E-state index is 12.1. The maximum Gasteiger partial charge on any atom is 0.332 e. The van der Waals surface area contributed by atoms with Gasteiger partial charge in [-0.1, -0.05) is 13.8 Å². The highest BCUT2D eigenvalue weighted by Gasteiger charge is 2.53. The van der Waals surface area contributed by atoms with E-state index < -0.39 is 17.7 Å². The van der Waals surface area contributed by atoms with Gasteiger partial charge in [0.05, 0.1) is 5.66 Å². The third-order valence-corrected chi connectivity index (χ3v) is 4.50. The first kappa shape index (κ1) is 14.3. The summed E-state index contributed by atoms with van der Waals surface area (Å²) in [6.07, 6.45) is -0.161. The van der Waals surface area contributed by atoms with Crippen LogP contribution < -0.4 is 5.32 Å². The minimum Gasteiger partial charge on any atom is -0.479 e. The van der Waals surface area contributed by atoms with Crippen molar-refractivity contribution in [2.24, 2.45) is 5.41 Å². The summed E-state index contributed by atoms with van der Waals surface area (Å²) < 4.78 is 0. The van der Waals surface area contributed by atoms with Crippen LogP contribution in [0.3, 0.4) is 0 Å². The van der Waals surface area contributed by atoms with Crippen LogP contribution in [0.4, 0.5) is 0 Å². The molecule has 0 saturated carbocycles. The number of amides is 1. The standard InChI is InChI=1S/C13H22N2O4/c1-12(2)7-14-13(3)5-4-10(17)15(13)9(12)6-8(16)11(18)19/h8-9,14,16H,4-7H2,1-3H3,(H,18,19). The molecule has 2 aliphatic heterocycles. The lowest BCUT2D eigenvalue weighted by Gasteiger charge is -2.54. The number of hydrogen-bond donors (Lipinski definition) is 3. The average Bonchev–Trinajstić information content (AvgIpc) is 2.60. The van der Waals surface area contributed by atoms with Crippen LogP contribution in [-0.2, 0) is 9.59 Å². The number of nitrogens with one attached hydrogen (secondary N) is 1. The minimum atomic E-state index is -1.43. The second kappa shape index (κ2) is 4.45. The lowest BCUT2D eigenvalue weighted by molar-refractivity contribution is -0.155. The fraction of sp³-hybridized carbons (Fsp3) is 0.846. The summed E-state index contributed by atoms with van der Waals surface area (Å²) in [7, 11) is 0. The van der Waals surface area contributed by atoms with E-state index in [9.17, 15) is 14.7 Å². The highest BCUT2D eigenvalue weighted by Crippen LogP contribution is 2.42. The van der Waals surface area contributed by atoms with Crippen molar-refractivity contribution < 1.29 is 19.8 Å². The zero-order valence-electron chi connectivity index (χ0n) is 11.6. The van der Waals surface area contributed by atoms with Crippen molar-refractivity contribution in [1.82, 2.24) is 10.2 Å². The lowest BCUT2D eigenvalue weighted by atomic mass is 9.77. The van der Waals surface area contributed by atoms with Crippen molar-refractivity contribution in [2.45, 2.75) is 57.8 Å². The Kier molecular flexibility index (Phi) is 3.35. The Labute approximate surface area is 112 Å². The molecule has 6 nitrogen and oxygen atoms in total. The molecule has 2 saturated heterocycles. The fourth-order valence-corrected chi connectivity index (χ4v) is 3.18. The Morgan fingerprint density at radius 3 is 2.74 bits per heavy atom. The second-order valence-electron chi connectivity index (χ2n) is 6.49. The number of rotatable bonds is 3. The molecule has 3 atom stereocenters. The number of carbonyl (C=O) groups excluding carboxylic acids is 1. The van der Waals surface area contributed by atoms with Gasteiger partial charge in [-0.3, -0.25) is 10.1 Å². The van der Waals surface area contributed by atoms with Crippen LogP contribution in [0.5, 0.6) is 0 Å². The number of aliphatic hydroxyl groups is 1. The summed E-state index contributed by atoms with van der Waals surface area (Å²) in [4.78, 5) is 24.7. The van der Waals surface area contributed by atoms with Crippen LogP contribution in [0.25, 0.3) is 0 Å². The molecule has 19 heavy (non-hydrogen) atoms. The van der Waals surface area contributed by atoms with Crippen molar-refractivity contribution in [3.8, 4) is 0 Å². The molecule has 2 rings (SSSR count). The molecule has 1 amide bonds. The molecule has 2 heterocycles. The van der Waals surface area contributed by atoms with Crippen LogP contribution in [0.15, 0.2) is 0 Å². The summed E-state index contributed by atoms with van der Waals surface area (Å²) in [6, 6.07) is -0.264. The maximum atomic E-state index is 12.1. The van der Waals surface area contributed by atoms with E-state index in [4.69, 9.17) is 5.11 Å². The molecule has 2 fully saturated rings. The van der Waals surface area contributed by atoms with E-state index in [1.165, 1.54) is 0 Å². The van der Waals surface area contributed by atoms with Crippen molar-refractivity contribution in [1.29, 1.82) is 0 Å². The molecule has 0 aromatic rings. The zero-order chi connectivity index (χ0) is 14.4. The van der Waals surface area contributed by atoms with Crippen LogP contribution in [-0.4, -0.2) is 51.3 Å². The molecule has 0 aromatic carbocycles. The van der Waals surface area contributed by atoms with Gasteiger partial charge < -0.3 is 15.1 Å². The number of fused-ring (bicyclic) bond motifs is 1. The average molecular weight is 270 g/mol. The van der Waals surface area contributed by atoms with E-state index in [0.717, 1.165) is 6.42 Å². The molecule has 0 aromatic heterocycles. The molecule has 0 bridgehead atoms. The molecule has 0 spiro atoms. The molecule has 6 heteroatoms. The van der Waals surface area contributed by atoms with Crippen LogP contribution in [0.1, 0.15) is 40.0 Å². The largest absolute Gasteiger partial charge is 0.479 e. The van der Waals surface area contributed by atoms with E-state index in [1.54, 1.807) is 4.90 Å². The molecule has 3 unspecified atom stereocenters. The lowest BCUT2D eigenvalue weighted by Crippen LogP contribution is -2.69. The quantitative estimate of drug-likeness (QED) is 0.679. The number of carbonyl (C=O) groups is 2. The first-order valence-electron chi connectivity index (χ1n) is 6.65. The third-order valence-electron chi connectivity index (χ3n) is 4.50. The first-order chi connectivity index (χ1) is 8.67. The molecule has 0 radical (unpaired) electrons. The number of aliphatic hydroxyl groups excluding tert-OH is 1. The molecule has 0 aliphatic carbocycles. The summed E-state index contributed by atoms with van der Waals surface area (Å²) in [6.45, 7) is 6.65. The minimum absolute atomic E-state index is 0.0327. The molecule has 108 valence electrons. The van der Waals surface area contributed by atoms with Gasteiger partial charge >= 0.3 is 5.97 Å². The van der Waals surface area contributed by atoms with E-state index in [1.807, 2.05) is 20.8 Å². The van der Waals surface area contributed by atoms with Gasteiger partial charge in [-0.2, -0.15) is 0 Å². The topological polar surface area (TPSA) is 89.9 Å². The van der Waals surface area contributed by atoms with Gasteiger partial charge in [0.1, 0.15) is 0 Å². The number of carboxylic acid groups (broad SMARTS) is 1. The molecule has 3 N–H and O–H groups in total. The van der Waals surface area contributed by atoms with Gasteiger partial charge in [-0.25, -0.2) is 4.79 Å². The smallest absolute Gasteiger partial charge is 0.332 e. The summed E-state index contributed by atoms with van der Waals surface area (Å²) in [5.41, 5.74) is -0.675. The Hall–Kier alpha value is -1.14. The predicted octanol–water partition coefficient (Wildman–Crippen LogP) is 0.159. The number of hydrogen-bond acceptors (Lipinski definition) is 4. The monoisotopic (exact) mass is 270 g/mol. The van der Waals surface area contributed by atoms with Gasteiger partial charge in [-0.15, -0.1) is 0 Å². The van der Waals surface area contributed by atoms with Gasteiger partial charge in [0.25, 0.3) is 0 Å². The van der Waals surface area contributed by atoms with Gasteiger partial charge in [-0.05, 0) is 18.8 Å². The predicted molar refractivity (Wildman–Crippen MR) is 68.3 cm³/mol. The Balaban J connectivity index is 2.29. The van der Waals surface area contributed by atoms with Crippen LogP contribution in [0.2, 0.25) is 0 Å². The third kappa shape index (κ3) is 2.34. The van der Waals surface area contributed by atoms with Gasteiger partial charge in [0, 0.05) is 25.4 Å². The van der Waals surface area contributed by atoms with Crippen LogP contribution >= 0.6 is 0 Å². The zero-order valence-corrected chi connectivity index (χ0v) is 11.6. The van der Waals surface area contributed by atoms with Crippen LogP contribution in [0, 0.1) is 5.41 Å². The second-order valence-corrected chi connectivity index (χ2v) is 6.49. The summed E-state index contributed by atoms with van der Waals surface area (Å²) >= 11 is 0. The fourth-order valence-electron chi connectivity index (χ4n) is 3.18. The highest BCUT2D eigenvalue weighted by atomic mass is 16.4. The van der Waals surface area contributed by atoms with E-state index >= 15 is 0 Å². The number of aliphatic carboxylic acids is 1. The Morgan fingerprint density at radius 2 is 2.16 bits per heavy atom. The summed E-state index contributed by atoms with van der Waals surface area (Å²) in [5.74, 6) is -1.20.